The predicted octanol–water partition coefficient (Wildman–Crippen LogP) is 3.14. The van der Waals surface area contributed by atoms with Gasteiger partial charge in [-0.1, -0.05) is 42.5 Å². The molecule has 5 heteroatoms. The van der Waals surface area contributed by atoms with E-state index in [0.717, 1.165) is 44.0 Å². The van der Waals surface area contributed by atoms with E-state index in [9.17, 15) is 4.79 Å². The Kier molecular flexibility index (Phi) is 6.70. The molecule has 0 unspecified atom stereocenters. The Hall–Kier alpha value is -2.29. The Morgan fingerprint density at radius 2 is 1.65 bits per heavy atom. The molecule has 1 aliphatic rings. The number of benzene rings is 2. The lowest BCUT2D eigenvalue weighted by atomic mass is 10.2. The van der Waals surface area contributed by atoms with Crippen molar-refractivity contribution in [3.8, 4) is 6.07 Å². The first-order chi connectivity index (χ1) is 12.7. The van der Waals surface area contributed by atoms with Crippen molar-refractivity contribution in [2.45, 2.75) is 12.3 Å². The van der Waals surface area contributed by atoms with Crippen LogP contribution >= 0.6 is 11.8 Å². The number of rotatable bonds is 6. The van der Waals surface area contributed by atoms with E-state index >= 15 is 0 Å². The summed E-state index contributed by atoms with van der Waals surface area (Å²) in [6.45, 7) is 4.43. The average Bonchev–Trinajstić information content (AvgIpc) is 2.70. The molecule has 2 aromatic rings. The Morgan fingerprint density at radius 1 is 0.962 bits per heavy atom. The van der Waals surface area contributed by atoms with E-state index in [-0.39, 0.29) is 5.91 Å². The highest BCUT2D eigenvalue weighted by Crippen LogP contribution is 2.15. The van der Waals surface area contributed by atoms with Gasteiger partial charge in [0.05, 0.1) is 17.4 Å². The first-order valence-corrected chi connectivity index (χ1v) is 10.0. The minimum Gasteiger partial charge on any atom is -0.339 e. The number of amides is 1. The zero-order valence-electron chi connectivity index (χ0n) is 14.8. The van der Waals surface area contributed by atoms with E-state index in [1.54, 1.807) is 11.8 Å². The molecule has 0 bridgehead atoms. The maximum Gasteiger partial charge on any atom is 0.232 e. The third kappa shape index (κ3) is 5.35. The SMILES string of the molecule is N#Cc1ccc(CSCC(=O)N2CCN(Cc3ccccc3)CC2)cc1. The van der Waals surface area contributed by atoms with Crippen LogP contribution in [0.5, 0.6) is 0 Å². The second-order valence-electron chi connectivity index (χ2n) is 6.44. The van der Waals surface area contributed by atoms with Gasteiger partial charge in [-0.2, -0.15) is 5.26 Å². The van der Waals surface area contributed by atoms with Crippen molar-refractivity contribution in [1.29, 1.82) is 5.26 Å². The molecule has 0 atom stereocenters. The lowest BCUT2D eigenvalue weighted by Gasteiger charge is -2.34. The van der Waals surface area contributed by atoms with Gasteiger partial charge in [0, 0.05) is 38.5 Å². The highest BCUT2D eigenvalue weighted by atomic mass is 32.2. The number of thioether (sulfide) groups is 1. The molecule has 1 saturated heterocycles. The van der Waals surface area contributed by atoms with Gasteiger partial charge >= 0.3 is 0 Å². The number of nitriles is 1. The molecular formula is C21H23N3OS. The van der Waals surface area contributed by atoms with Crippen molar-refractivity contribution in [2.24, 2.45) is 0 Å². The van der Waals surface area contributed by atoms with Gasteiger partial charge in [-0.05, 0) is 23.3 Å². The lowest BCUT2D eigenvalue weighted by Crippen LogP contribution is -2.48. The van der Waals surface area contributed by atoms with Crippen molar-refractivity contribution in [3.05, 3.63) is 71.3 Å². The van der Waals surface area contributed by atoms with Gasteiger partial charge in [-0.15, -0.1) is 11.8 Å². The summed E-state index contributed by atoms with van der Waals surface area (Å²) in [5.74, 6) is 1.53. The van der Waals surface area contributed by atoms with Gasteiger partial charge < -0.3 is 4.90 Å². The lowest BCUT2D eigenvalue weighted by molar-refractivity contribution is -0.130. The van der Waals surface area contributed by atoms with Crippen molar-refractivity contribution in [3.63, 3.8) is 0 Å². The van der Waals surface area contributed by atoms with Gasteiger partial charge in [0.15, 0.2) is 0 Å². The highest BCUT2D eigenvalue weighted by Gasteiger charge is 2.20. The minimum absolute atomic E-state index is 0.225. The fraction of sp³-hybridized carbons (Fsp3) is 0.333. The van der Waals surface area contributed by atoms with Crippen LogP contribution in [-0.4, -0.2) is 47.6 Å². The summed E-state index contributed by atoms with van der Waals surface area (Å²) in [6.07, 6.45) is 0. The van der Waals surface area contributed by atoms with E-state index in [1.165, 1.54) is 5.56 Å². The van der Waals surface area contributed by atoms with E-state index in [4.69, 9.17) is 5.26 Å². The average molecular weight is 366 g/mol. The number of nitrogens with zero attached hydrogens (tertiary/aromatic N) is 3. The Labute approximate surface area is 159 Å². The standard InChI is InChI=1S/C21H23N3OS/c22-14-18-6-8-20(9-7-18)16-26-17-21(25)24-12-10-23(11-13-24)15-19-4-2-1-3-5-19/h1-9H,10-13,15-17H2. The molecule has 4 nitrogen and oxygen atoms in total. The van der Waals surface area contributed by atoms with Crippen LogP contribution in [0.15, 0.2) is 54.6 Å². The van der Waals surface area contributed by atoms with Gasteiger partial charge in [0.2, 0.25) is 5.91 Å². The van der Waals surface area contributed by atoms with Gasteiger partial charge in [0.1, 0.15) is 0 Å². The van der Waals surface area contributed by atoms with Crippen molar-refractivity contribution >= 4 is 17.7 Å². The summed E-state index contributed by atoms with van der Waals surface area (Å²) in [5.41, 5.74) is 3.14. The van der Waals surface area contributed by atoms with Crippen LogP contribution in [0.1, 0.15) is 16.7 Å². The molecule has 1 aliphatic heterocycles. The Bertz CT molecular complexity index is 747. The van der Waals surface area contributed by atoms with Crippen LogP contribution in [0.2, 0.25) is 0 Å². The van der Waals surface area contributed by atoms with E-state index in [1.807, 2.05) is 35.2 Å². The van der Waals surface area contributed by atoms with Crippen LogP contribution in [0, 0.1) is 11.3 Å². The maximum atomic E-state index is 12.4. The summed E-state index contributed by atoms with van der Waals surface area (Å²) in [4.78, 5) is 16.8. The molecule has 0 spiro atoms. The number of piperazine rings is 1. The highest BCUT2D eigenvalue weighted by molar-refractivity contribution is 7.99. The Balaban J connectivity index is 1.37. The predicted molar refractivity (Wildman–Crippen MR) is 106 cm³/mol. The van der Waals surface area contributed by atoms with Crippen molar-refractivity contribution in [1.82, 2.24) is 9.80 Å². The molecule has 0 saturated carbocycles. The summed E-state index contributed by atoms with van der Waals surface area (Å²) in [5, 5.41) is 8.81. The summed E-state index contributed by atoms with van der Waals surface area (Å²) < 4.78 is 0. The number of hydrogen-bond acceptors (Lipinski definition) is 4. The molecular weight excluding hydrogens is 342 g/mol. The molecule has 0 aromatic heterocycles. The molecule has 134 valence electrons. The second kappa shape index (κ2) is 9.42. The van der Waals surface area contributed by atoms with Crippen LogP contribution in [0.3, 0.4) is 0 Å². The molecule has 0 N–H and O–H groups in total. The fourth-order valence-electron chi connectivity index (χ4n) is 3.02. The van der Waals surface area contributed by atoms with Crippen molar-refractivity contribution < 1.29 is 4.79 Å². The molecule has 26 heavy (non-hydrogen) atoms. The third-order valence-corrected chi connectivity index (χ3v) is 5.54. The van der Waals surface area contributed by atoms with Gasteiger partial charge in [0.25, 0.3) is 0 Å². The molecule has 0 aliphatic carbocycles. The quantitative estimate of drug-likeness (QED) is 0.789. The smallest absolute Gasteiger partial charge is 0.232 e. The normalized spacial score (nSPS) is 14.8. The number of hydrogen-bond donors (Lipinski definition) is 0. The molecule has 1 fully saturated rings. The summed E-state index contributed by atoms with van der Waals surface area (Å²) in [7, 11) is 0. The first kappa shape index (κ1) is 18.5. The molecule has 3 rings (SSSR count). The monoisotopic (exact) mass is 365 g/mol. The zero-order valence-corrected chi connectivity index (χ0v) is 15.6. The fourth-order valence-corrected chi connectivity index (χ4v) is 3.91. The van der Waals surface area contributed by atoms with Gasteiger partial charge in [-0.3, -0.25) is 9.69 Å². The topological polar surface area (TPSA) is 47.3 Å². The zero-order chi connectivity index (χ0) is 18.2. The largest absolute Gasteiger partial charge is 0.339 e. The van der Waals surface area contributed by atoms with E-state index < -0.39 is 0 Å². The van der Waals surface area contributed by atoms with E-state index in [2.05, 4.69) is 35.2 Å². The second-order valence-corrected chi connectivity index (χ2v) is 7.43. The molecule has 0 radical (unpaired) electrons. The van der Waals surface area contributed by atoms with Gasteiger partial charge in [-0.25, -0.2) is 0 Å². The minimum atomic E-state index is 0.225. The van der Waals surface area contributed by atoms with E-state index in [0.29, 0.717) is 11.3 Å². The summed E-state index contributed by atoms with van der Waals surface area (Å²) >= 11 is 1.64. The maximum absolute atomic E-state index is 12.4. The third-order valence-electron chi connectivity index (χ3n) is 4.55. The summed E-state index contributed by atoms with van der Waals surface area (Å²) in [6, 6.07) is 20.2. The molecule has 1 amide bonds. The number of carbonyl (C=O) groups is 1. The Morgan fingerprint density at radius 3 is 2.31 bits per heavy atom. The first-order valence-electron chi connectivity index (χ1n) is 8.85. The van der Waals surface area contributed by atoms with Crippen LogP contribution < -0.4 is 0 Å². The van der Waals surface area contributed by atoms with Crippen molar-refractivity contribution in [2.75, 3.05) is 31.9 Å². The molecule has 1 heterocycles. The molecule has 2 aromatic carbocycles. The number of carbonyl (C=O) groups excluding carboxylic acids is 1. The van der Waals surface area contributed by atoms with Crippen LogP contribution in [-0.2, 0) is 17.1 Å². The van der Waals surface area contributed by atoms with Crippen LogP contribution in [0.25, 0.3) is 0 Å². The van der Waals surface area contributed by atoms with Crippen LogP contribution in [0.4, 0.5) is 0 Å².